The molecule has 1 aliphatic rings. The summed E-state index contributed by atoms with van der Waals surface area (Å²) in [4.78, 5) is 11.2. The average molecular weight is 233 g/mol. The first-order chi connectivity index (χ1) is 8.08. The van der Waals surface area contributed by atoms with Crippen molar-refractivity contribution in [1.82, 2.24) is 0 Å². The van der Waals surface area contributed by atoms with Gasteiger partial charge in [0.25, 0.3) is 5.91 Å². The van der Waals surface area contributed by atoms with E-state index in [-0.39, 0.29) is 0 Å². The summed E-state index contributed by atoms with van der Waals surface area (Å²) >= 11 is 0. The summed E-state index contributed by atoms with van der Waals surface area (Å²) in [6.07, 6.45) is 3.89. The number of nitrogens with two attached hydrogens (primary N) is 2. The van der Waals surface area contributed by atoms with Crippen molar-refractivity contribution in [2.24, 2.45) is 11.7 Å². The third-order valence-electron chi connectivity index (χ3n) is 3.57. The molecular formula is C13H19N3O. The van der Waals surface area contributed by atoms with Crippen molar-refractivity contribution in [2.75, 3.05) is 11.1 Å². The predicted octanol–water partition coefficient (Wildman–Crippen LogP) is 1.97. The van der Waals surface area contributed by atoms with E-state index in [1.807, 2.05) is 6.07 Å². The summed E-state index contributed by atoms with van der Waals surface area (Å²) in [5, 5.41) is 3.40. The van der Waals surface area contributed by atoms with Crippen LogP contribution in [0.2, 0.25) is 0 Å². The zero-order valence-electron chi connectivity index (χ0n) is 10.1. The quantitative estimate of drug-likeness (QED) is 0.695. The molecule has 1 aliphatic carbocycles. The van der Waals surface area contributed by atoms with Crippen LogP contribution in [0.4, 0.5) is 11.4 Å². The summed E-state index contributed by atoms with van der Waals surface area (Å²) < 4.78 is 0. The first kappa shape index (κ1) is 11.8. The van der Waals surface area contributed by atoms with Gasteiger partial charge < -0.3 is 16.8 Å². The number of hydrogen-bond donors (Lipinski definition) is 3. The fourth-order valence-corrected chi connectivity index (χ4v) is 2.18. The zero-order valence-corrected chi connectivity index (χ0v) is 10.1. The molecule has 0 aliphatic heterocycles. The van der Waals surface area contributed by atoms with Gasteiger partial charge in [-0.25, -0.2) is 0 Å². The molecule has 0 spiro atoms. The summed E-state index contributed by atoms with van der Waals surface area (Å²) in [5.41, 5.74) is 12.7. The lowest BCUT2D eigenvalue weighted by Crippen LogP contribution is -2.30. The van der Waals surface area contributed by atoms with E-state index >= 15 is 0 Å². The molecule has 0 radical (unpaired) electrons. The Morgan fingerprint density at radius 2 is 2.18 bits per heavy atom. The summed E-state index contributed by atoms with van der Waals surface area (Å²) in [7, 11) is 0. The van der Waals surface area contributed by atoms with Gasteiger partial charge in [0.05, 0.1) is 5.56 Å². The fourth-order valence-electron chi connectivity index (χ4n) is 2.18. The van der Waals surface area contributed by atoms with Crippen LogP contribution in [0.5, 0.6) is 0 Å². The van der Waals surface area contributed by atoms with Gasteiger partial charge in [-0.05, 0) is 43.9 Å². The molecule has 1 unspecified atom stereocenters. The molecule has 17 heavy (non-hydrogen) atoms. The highest BCUT2D eigenvalue weighted by Gasteiger charge is 2.23. The van der Waals surface area contributed by atoms with Crippen molar-refractivity contribution in [3.63, 3.8) is 0 Å². The maximum Gasteiger partial charge on any atom is 0.250 e. The van der Waals surface area contributed by atoms with Crippen LogP contribution in [0.3, 0.4) is 0 Å². The van der Waals surface area contributed by atoms with Crippen molar-refractivity contribution in [3.05, 3.63) is 23.8 Å². The summed E-state index contributed by atoms with van der Waals surface area (Å²) in [5.74, 6) is 0.257. The zero-order chi connectivity index (χ0) is 12.4. The molecular weight excluding hydrogens is 214 g/mol. The minimum atomic E-state index is -0.484. The largest absolute Gasteiger partial charge is 0.398 e. The Morgan fingerprint density at radius 3 is 2.71 bits per heavy atom. The molecule has 92 valence electrons. The van der Waals surface area contributed by atoms with Crippen LogP contribution in [-0.2, 0) is 0 Å². The SMILES string of the molecule is CC(Nc1ccc(N)c(C(N)=O)c1)C1CCC1. The molecule has 4 nitrogen and oxygen atoms in total. The second-order valence-electron chi connectivity index (χ2n) is 4.79. The second-order valence-corrected chi connectivity index (χ2v) is 4.79. The van der Waals surface area contributed by atoms with Crippen LogP contribution in [0.15, 0.2) is 18.2 Å². The number of rotatable bonds is 4. The van der Waals surface area contributed by atoms with E-state index in [0.717, 1.165) is 11.6 Å². The molecule has 1 aromatic carbocycles. The molecule has 4 heteroatoms. The summed E-state index contributed by atoms with van der Waals surface area (Å²) in [6.45, 7) is 2.17. The van der Waals surface area contributed by atoms with Crippen molar-refractivity contribution < 1.29 is 4.79 Å². The van der Waals surface area contributed by atoms with E-state index < -0.39 is 5.91 Å². The molecule has 1 saturated carbocycles. The Morgan fingerprint density at radius 1 is 1.47 bits per heavy atom. The van der Waals surface area contributed by atoms with E-state index in [0.29, 0.717) is 17.3 Å². The third kappa shape index (κ3) is 2.52. The molecule has 1 fully saturated rings. The number of nitrogen functional groups attached to an aromatic ring is 1. The lowest BCUT2D eigenvalue weighted by Gasteiger charge is -2.32. The van der Waals surface area contributed by atoms with Gasteiger partial charge in [-0.2, -0.15) is 0 Å². The van der Waals surface area contributed by atoms with E-state index in [2.05, 4.69) is 12.2 Å². The lowest BCUT2D eigenvalue weighted by atomic mass is 9.80. The van der Waals surface area contributed by atoms with Gasteiger partial charge in [0, 0.05) is 17.4 Å². The minimum absolute atomic E-state index is 0.385. The Hall–Kier alpha value is -1.71. The fraction of sp³-hybridized carbons (Fsp3) is 0.462. The second kappa shape index (κ2) is 4.65. The highest BCUT2D eigenvalue weighted by Crippen LogP contribution is 2.31. The first-order valence-electron chi connectivity index (χ1n) is 6.04. The van der Waals surface area contributed by atoms with Crippen LogP contribution in [0, 0.1) is 5.92 Å². The Balaban J connectivity index is 2.10. The van der Waals surface area contributed by atoms with Crippen molar-refractivity contribution in [2.45, 2.75) is 32.2 Å². The molecule has 2 rings (SSSR count). The normalized spacial score (nSPS) is 17.2. The molecule has 5 N–H and O–H groups in total. The third-order valence-corrected chi connectivity index (χ3v) is 3.57. The van der Waals surface area contributed by atoms with E-state index in [1.54, 1.807) is 12.1 Å². The predicted molar refractivity (Wildman–Crippen MR) is 69.8 cm³/mol. The Kier molecular flexibility index (Phi) is 3.22. The first-order valence-corrected chi connectivity index (χ1v) is 6.04. The van der Waals surface area contributed by atoms with E-state index in [9.17, 15) is 4.79 Å². The number of carbonyl (C=O) groups excluding carboxylic acids is 1. The highest BCUT2D eigenvalue weighted by molar-refractivity contribution is 5.98. The smallest absolute Gasteiger partial charge is 0.250 e. The average Bonchev–Trinajstić information content (AvgIpc) is 2.17. The van der Waals surface area contributed by atoms with Gasteiger partial charge in [-0.15, -0.1) is 0 Å². The molecule has 1 atom stereocenters. The molecule has 0 bridgehead atoms. The number of carbonyl (C=O) groups is 1. The van der Waals surface area contributed by atoms with Crippen LogP contribution in [0.25, 0.3) is 0 Å². The van der Waals surface area contributed by atoms with Crippen molar-refractivity contribution in [3.8, 4) is 0 Å². The van der Waals surface area contributed by atoms with Crippen LogP contribution in [-0.4, -0.2) is 11.9 Å². The van der Waals surface area contributed by atoms with Gasteiger partial charge >= 0.3 is 0 Å². The number of amides is 1. The van der Waals surface area contributed by atoms with Crippen molar-refractivity contribution in [1.29, 1.82) is 0 Å². The molecule has 1 amide bonds. The van der Waals surface area contributed by atoms with Gasteiger partial charge in [0.15, 0.2) is 0 Å². The number of hydrogen-bond acceptors (Lipinski definition) is 3. The van der Waals surface area contributed by atoms with E-state index in [4.69, 9.17) is 11.5 Å². The maximum absolute atomic E-state index is 11.2. The molecule has 1 aromatic rings. The monoisotopic (exact) mass is 233 g/mol. The maximum atomic E-state index is 11.2. The Labute approximate surface area is 101 Å². The minimum Gasteiger partial charge on any atom is -0.398 e. The standard InChI is InChI=1S/C13H19N3O/c1-8(9-3-2-4-9)16-10-5-6-12(14)11(7-10)13(15)17/h5-9,16H,2-4,14H2,1H3,(H2,15,17). The lowest BCUT2D eigenvalue weighted by molar-refractivity contribution is 0.100. The molecule has 0 saturated heterocycles. The molecule has 0 aromatic heterocycles. The summed E-state index contributed by atoms with van der Waals surface area (Å²) in [6, 6.07) is 5.76. The Bertz CT molecular complexity index is 427. The van der Waals surface area contributed by atoms with Crippen LogP contribution in [0.1, 0.15) is 36.5 Å². The van der Waals surface area contributed by atoms with Crippen LogP contribution < -0.4 is 16.8 Å². The number of nitrogens with one attached hydrogen (secondary N) is 1. The highest BCUT2D eigenvalue weighted by atomic mass is 16.1. The van der Waals surface area contributed by atoms with Gasteiger partial charge in [0.1, 0.15) is 0 Å². The topological polar surface area (TPSA) is 81.1 Å². The van der Waals surface area contributed by atoms with Crippen LogP contribution >= 0.6 is 0 Å². The van der Waals surface area contributed by atoms with Gasteiger partial charge in [0.2, 0.25) is 0 Å². The van der Waals surface area contributed by atoms with Crippen molar-refractivity contribution >= 4 is 17.3 Å². The van der Waals surface area contributed by atoms with Gasteiger partial charge in [-0.3, -0.25) is 4.79 Å². The van der Waals surface area contributed by atoms with E-state index in [1.165, 1.54) is 19.3 Å². The number of benzene rings is 1. The molecule has 0 heterocycles. The number of anilines is 2. The number of primary amides is 1. The van der Waals surface area contributed by atoms with Gasteiger partial charge in [-0.1, -0.05) is 6.42 Å².